The molecule has 2 aliphatic rings. The van der Waals surface area contributed by atoms with E-state index in [4.69, 9.17) is 4.74 Å². The van der Waals surface area contributed by atoms with Gasteiger partial charge in [0.2, 0.25) is 5.91 Å². The second-order valence-corrected chi connectivity index (χ2v) is 8.17. The topological polar surface area (TPSA) is 95.9 Å². The number of hydrogen-bond donors (Lipinski definition) is 2. The van der Waals surface area contributed by atoms with E-state index in [0.717, 1.165) is 4.90 Å². The number of ether oxygens (including phenoxy) is 1. The number of carbonyl (C=O) groups excluding carboxylic acids is 2. The first-order chi connectivity index (χ1) is 12.2. The summed E-state index contributed by atoms with van der Waals surface area (Å²) < 4.78 is 43.6. The molecule has 0 aromatic rings. The van der Waals surface area contributed by atoms with Gasteiger partial charge in [0, 0.05) is 19.1 Å². The third kappa shape index (κ3) is 3.76. The van der Waals surface area contributed by atoms with Crippen LogP contribution >= 0.6 is 0 Å². The summed E-state index contributed by atoms with van der Waals surface area (Å²) in [6.07, 6.45) is -5.18. The molecule has 0 spiro atoms. The van der Waals surface area contributed by atoms with E-state index >= 15 is 0 Å². The first-order valence-corrected chi connectivity index (χ1v) is 8.71. The molecule has 2 N–H and O–H groups in total. The Bertz CT molecular complexity index is 647. The first kappa shape index (κ1) is 21.5. The molecule has 4 atom stereocenters. The molecule has 1 aliphatic carbocycles. The molecule has 1 saturated heterocycles. The number of fused-ring (bicyclic) bond motifs is 1. The number of alkyl halides is 3. The maximum Gasteiger partial charge on any atom is 0.471 e. The summed E-state index contributed by atoms with van der Waals surface area (Å²) >= 11 is 0. The van der Waals surface area contributed by atoms with Crippen LogP contribution in [0.5, 0.6) is 0 Å². The third-order valence-electron chi connectivity index (χ3n) is 5.74. The third-order valence-corrected chi connectivity index (χ3v) is 5.74. The lowest BCUT2D eigenvalue weighted by atomic mass is 9.94. The number of piperidine rings is 1. The van der Waals surface area contributed by atoms with Gasteiger partial charge in [-0.3, -0.25) is 9.59 Å². The Balaban J connectivity index is 2.31. The fourth-order valence-electron chi connectivity index (χ4n) is 4.16. The monoisotopic (exact) mass is 394 g/mol. The molecule has 154 valence electrons. The predicted octanol–water partition coefficient (Wildman–Crippen LogP) is 1.42. The zero-order valence-corrected chi connectivity index (χ0v) is 15.9. The van der Waals surface area contributed by atoms with Crippen molar-refractivity contribution >= 4 is 17.8 Å². The van der Waals surface area contributed by atoms with Crippen molar-refractivity contribution in [2.45, 2.75) is 58.5 Å². The fourth-order valence-corrected chi connectivity index (χ4v) is 4.16. The highest BCUT2D eigenvalue weighted by molar-refractivity contribution is 5.93. The Hall–Kier alpha value is -1.84. The van der Waals surface area contributed by atoms with Crippen molar-refractivity contribution in [3.63, 3.8) is 0 Å². The molecular formula is C17H25F3N2O5. The van der Waals surface area contributed by atoms with Crippen LogP contribution in [0, 0.1) is 17.3 Å². The van der Waals surface area contributed by atoms with E-state index < -0.39 is 41.6 Å². The van der Waals surface area contributed by atoms with Crippen LogP contribution in [0.2, 0.25) is 0 Å². The van der Waals surface area contributed by atoms with Crippen LogP contribution in [0.1, 0.15) is 34.6 Å². The Morgan fingerprint density at radius 3 is 2.30 bits per heavy atom. The lowest BCUT2D eigenvalue weighted by molar-refractivity contribution is -0.178. The van der Waals surface area contributed by atoms with E-state index in [1.54, 1.807) is 12.2 Å². The lowest BCUT2D eigenvalue weighted by Gasteiger charge is -2.38. The zero-order chi connectivity index (χ0) is 20.9. The molecule has 1 saturated carbocycles. The highest BCUT2D eigenvalue weighted by atomic mass is 19.4. The molecule has 1 heterocycles. The molecule has 2 rings (SSSR count). The molecule has 2 amide bonds. The number of nitrogens with zero attached hydrogens (tertiary/aromatic N) is 1. The second kappa shape index (κ2) is 6.65. The summed E-state index contributed by atoms with van der Waals surface area (Å²) in [6.45, 7) is 8.37. The summed E-state index contributed by atoms with van der Waals surface area (Å²) in [7, 11) is 0. The van der Waals surface area contributed by atoms with Gasteiger partial charge in [0.25, 0.3) is 0 Å². The first-order valence-electron chi connectivity index (χ1n) is 8.71. The second-order valence-electron chi connectivity index (χ2n) is 8.17. The normalized spacial score (nSPS) is 27.7. The molecule has 10 heteroatoms. The Labute approximate surface area is 155 Å². The van der Waals surface area contributed by atoms with Gasteiger partial charge in [-0.2, -0.15) is 13.2 Å². The number of carboxylic acids is 1. The number of rotatable bonds is 6. The Morgan fingerprint density at radius 1 is 1.30 bits per heavy atom. The lowest BCUT2D eigenvalue weighted by Crippen LogP contribution is -2.63. The minimum Gasteiger partial charge on any atom is -0.480 e. The average Bonchev–Trinajstić information content (AvgIpc) is 2.87. The minimum absolute atomic E-state index is 0.0447. The molecule has 0 radical (unpaired) electrons. The van der Waals surface area contributed by atoms with E-state index in [0.29, 0.717) is 0 Å². The van der Waals surface area contributed by atoms with Crippen LogP contribution in [0.3, 0.4) is 0 Å². The predicted molar refractivity (Wildman–Crippen MR) is 87.6 cm³/mol. The van der Waals surface area contributed by atoms with E-state index in [1.165, 1.54) is 13.8 Å². The van der Waals surface area contributed by atoms with Gasteiger partial charge in [0.05, 0.1) is 5.60 Å². The highest BCUT2D eigenvalue weighted by Gasteiger charge is 2.70. The maximum absolute atomic E-state index is 13.0. The van der Waals surface area contributed by atoms with Crippen molar-refractivity contribution in [1.82, 2.24) is 10.2 Å². The van der Waals surface area contributed by atoms with Crippen LogP contribution < -0.4 is 5.32 Å². The summed E-state index contributed by atoms with van der Waals surface area (Å²) in [5.41, 5.74) is -1.71. The zero-order valence-electron chi connectivity index (χ0n) is 15.9. The number of likely N-dealkylation sites (tertiary alicyclic amines) is 1. The molecule has 0 bridgehead atoms. The number of aliphatic carboxylic acids is 1. The van der Waals surface area contributed by atoms with Gasteiger partial charge in [-0.15, -0.1) is 0 Å². The number of carbonyl (C=O) groups is 3. The number of amides is 2. The number of carboxylic acid groups (broad SMARTS) is 1. The summed E-state index contributed by atoms with van der Waals surface area (Å²) in [5, 5.41) is 11.3. The summed E-state index contributed by atoms with van der Waals surface area (Å²) in [6, 6.07) is -2.81. The highest BCUT2D eigenvalue weighted by Crippen LogP contribution is 2.64. The number of nitrogens with one attached hydrogen (secondary N) is 1. The van der Waals surface area contributed by atoms with Crippen LogP contribution in [0.15, 0.2) is 0 Å². The van der Waals surface area contributed by atoms with Crippen molar-refractivity contribution in [3.05, 3.63) is 0 Å². The van der Waals surface area contributed by atoms with Gasteiger partial charge in [-0.25, -0.2) is 4.79 Å². The summed E-state index contributed by atoms with van der Waals surface area (Å²) in [4.78, 5) is 37.3. The molecular weight excluding hydrogens is 369 g/mol. The van der Waals surface area contributed by atoms with Crippen molar-refractivity contribution in [3.8, 4) is 0 Å². The minimum atomic E-state index is -5.18. The van der Waals surface area contributed by atoms with Crippen LogP contribution in [0.4, 0.5) is 13.2 Å². The van der Waals surface area contributed by atoms with Crippen molar-refractivity contribution in [2.24, 2.45) is 17.3 Å². The SMILES string of the molecule is CCOC(C)(C)C(NC(=O)C(F)(F)F)C(=O)N1C[C@H]2[C@@H]([C@H]1C(=O)O)C2(C)C. The number of hydrogen-bond acceptors (Lipinski definition) is 4. The van der Waals surface area contributed by atoms with Gasteiger partial charge in [-0.05, 0) is 32.1 Å². The van der Waals surface area contributed by atoms with Crippen molar-refractivity contribution in [2.75, 3.05) is 13.2 Å². The van der Waals surface area contributed by atoms with Crippen molar-refractivity contribution < 1.29 is 37.4 Å². The quantitative estimate of drug-likeness (QED) is 0.710. The molecule has 0 aromatic heterocycles. The smallest absolute Gasteiger partial charge is 0.471 e. The van der Waals surface area contributed by atoms with E-state index in [9.17, 15) is 32.7 Å². The van der Waals surface area contributed by atoms with Gasteiger partial charge in [0.1, 0.15) is 12.1 Å². The van der Waals surface area contributed by atoms with Gasteiger partial charge in [-0.1, -0.05) is 13.8 Å². The molecule has 7 nitrogen and oxygen atoms in total. The molecule has 27 heavy (non-hydrogen) atoms. The van der Waals surface area contributed by atoms with Crippen LogP contribution in [-0.4, -0.2) is 64.8 Å². The number of halogens is 3. The standard InChI is InChI=1S/C17H25F3N2O5/c1-6-27-16(4,5)11(21-14(26)17(18,19)20)12(23)22-7-8-9(15(8,2)3)10(22)13(24)25/h8-11H,6-7H2,1-5H3,(H,21,26)(H,24,25)/t8-,9-,10-,11?/m0/s1. The molecule has 2 fully saturated rings. The molecule has 1 unspecified atom stereocenters. The van der Waals surface area contributed by atoms with Gasteiger partial charge in [0.15, 0.2) is 0 Å². The van der Waals surface area contributed by atoms with Gasteiger partial charge < -0.3 is 20.1 Å². The van der Waals surface area contributed by atoms with Gasteiger partial charge >= 0.3 is 18.1 Å². The maximum atomic E-state index is 13.0. The average molecular weight is 394 g/mol. The van der Waals surface area contributed by atoms with Crippen LogP contribution in [-0.2, 0) is 19.1 Å². The molecule has 0 aromatic carbocycles. The largest absolute Gasteiger partial charge is 0.480 e. The van der Waals surface area contributed by atoms with Crippen LogP contribution in [0.25, 0.3) is 0 Å². The van der Waals surface area contributed by atoms with E-state index in [1.807, 2.05) is 13.8 Å². The van der Waals surface area contributed by atoms with E-state index in [-0.39, 0.29) is 30.4 Å². The Morgan fingerprint density at radius 2 is 1.85 bits per heavy atom. The van der Waals surface area contributed by atoms with Crippen molar-refractivity contribution in [1.29, 1.82) is 0 Å². The van der Waals surface area contributed by atoms with E-state index in [2.05, 4.69) is 0 Å². The summed E-state index contributed by atoms with van der Waals surface area (Å²) in [5.74, 6) is -4.69. The Kier molecular flexibility index (Phi) is 5.28. The fraction of sp³-hybridized carbons (Fsp3) is 0.824. The molecule has 1 aliphatic heterocycles.